The third kappa shape index (κ3) is 4.66. The minimum Gasteiger partial charge on any atom is -0.456 e. The number of nitriles is 1. The number of hydrogen-bond acceptors (Lipinski definition) is 4. The van der Waals surface area contributed by atoms with Crippen molar-refractivity contribution in [1.82, 2.24) is 10.2 Å². The van der Waals surface area contributed by atoms with Gasteiger partial charge in [-0.25, -0.2) is 0 Å². The van der Waals surface area contributed by atoms with E-state index in [0.717, 1.165) is 25.1 Å². The van der Waals surface area contributed by atoms with Crippen LogP contribution in [-0.4, -0.2) is 36.5 Å². The lowest BCUT2D eigenvalue weighted by atomic mass is 10.1. The Balaban J connectivity index is 1.67. The van der Waals surface area contributed by atoms with Crippen molar-refractivity contribution in [3.05, 3.63) is 59.2 Å². The van der Waals surface area contributed by atoms with Crippen LogP contribution in [0, 0.1) is 18.3 Å². The smallest absolute Gasteiger partial charge is 0.251 e. The molecule has 5 heteroatoms. The zero-order chi connectivity index (χ0) is 19.2. The number of carbonyl (C=O) groups is 1. The number of ether oxygens (including phenoxy) is 1. The minimum absolute atomic E-state index is 0.156. The summed E-state index contributed by atoms with van der Waals surface area (Å²) in [6.07, 6.45) is 2.29. The number of hydrogen-bond donors (Lipinski definition) is 1. The highest BCUT2D eigenvalue weighted by Crippen LogP contribution is 2.26. The molecule has 1 atom stereocenters. The number of amides is 1. The maximum atomic E-state index is 12.5. The molecule has 0 aromatic heterocycles. The molecule has 1 N–H and O–H groups in total. The normalized spacial score (nSPS) is 16.7. The van der Waals surface area contributed by atoms with Crippen molar-refractivity contribution in [2.75, 3.05) is 19.6 Å². The molecule has 1 aliphatic heterocycles. The van der Waals surface area contributed by atoms with Gasteiger partial charge in [0.2, 0.25) is 0 Å². The molecule has 0 spiro atoms. The third-order valence-electron chi connectivity index (χ3n) is 5.01. The van der Waals surface area contributed by atoms with Crippen molar-refractivity contribution in [3.8, 4) is 17.6 Å². The first kappa shape index (κ1) is 18.9. The molecule has 1 aliphatic rings. The predicted molar refractivity (Wildman–Crippen MR) is 105 cm³/mol. The molecular formula is C22H25N3O2. The molecule has 140 valence electrons. The first-order valence-electron chi connectivity index (χ1n) is 9.41. The van der Waals surface area contributed by atoms with Gasteiger partial charge in [-0.15, -0.1) is 0 Å². The van der Waals surface area contributed by atoms with Crippen LogP contribution in [0.2, 0.25) is 0 Å². The zero-order valence-corrected chi connectivity index (χ0v) is 15.9. The van der Waals surface area contributed by atoms with Crippen molar-refractivity contribution in [2.24, 2.45) is 0 Å². The SMILES string of the molecule is CCN1CCCC1CNC(=O)c1ccc(Oc2ccc(C)cc2)c(C#N)c1. The van der Waals surface area contributed by atoms with E-state index in [1.54, 1.807) is 18.2 Å². The Kier molecular flexibility index (Phi) is 6.10. The Morgan fingerprint density at radius 1 is 1.30 bits per heavy atom. The second-order valence-electron chi connectivity index (χ2n) is 6.87. The topological polar surface area (TPSA) is 65.4 Å². The van der Waals surface area contributed by atoms with Crippen LogP contribution < -0.4 is 10.1 Å². The van der Waals surface area contributed by atoms with Crippen LogP contribution in [0.5, 0.6) is 11.5 Å². The van der Waals surface area contributed by atoms with Crippen LogP contribution in [0.4, 0.5) is 0 Å². The molecule has 1 fully saturated rings. The highest BCUT2D eigenvalue weighted by molar-refractivity contribution is 5.94. The van der Waals surface area contributed by atoms with Gasteiger partial charge in [0.1, 0.15) is 17.6 Å². The molecule has 1 heterocycles. The Labute approximate surface area is 160 Å². The lowest BCUT2D eigenvalue weighted by Crippen LogP contribution is -2.40. The summed E-state index contributed by atoms with van der Waals surface area (Å²) >= 11 is 0. The molecule has 27 heavy (non-hydrogen) atoms. The van der Waals surface area contributed by atoms with Gasteiger partial charge in [-0.2, -0.15) is 5.26 Å². The van der Waals surface area contributed by atoms with Gasteiger partial charge in [-0.1, -0.05) is 24.6 Å². The molecule has 0 radical (unpaired) electrons. The number of carbonyl (C=O) groups excluding carboxylic acids is 1. The van der Waals surface area contributed by atoms with Gasteiger partial charge < -0.3 is 10.1 Å². The highest BCUT2D eigenvalue weighted by Gasteiger charge is 2.23. The summed E-state index contributed by atoms with van der Waals surface area (Å²) in [4.78, 5) is 14.9. The Hall–Kier alpha value is -2.84. The first-order chi connectivity index (χ1) is 13.1. The van der Waals surface area contributed by atoms with Crippen LogP contribution in [-0.2, 0) is 0 Å². The van der Waals surface area contributed by atoms with Crippen LogP contribution in [0.3, 0.4) is 0 Å². The van der Waals surface area contributed by atoms with Crippen molar-refractivity contribution in [3.63, 3.8) is 0 Å². The quantitative estimate of drug-likeness (QED) is 0.846. The molecule has 0 saturated carbocycles. The van der Waals surface area contributed by atoms with Crippen LogP contribution in [0.1, 0.15) is 41.3 Å². The lowest BCUT2D eigenvalue weighted by Gasteiger charge is -2.22. The van der Waals surface area contributed by atoms with Crippen LogP contribution in [0.15, 0.2) is 42.5 Å². The Bertz CT molecular complexity index is 840. The van der Waals surface area contributed by atoms with Crippen molar-refractivity contribution >= 4 is 5.91 Å². The molecule has 0 bridgehead atoms. The van der Waals surface area contributed by atoms with Gasteiger partial charge in [-0.3, -0.25) is 9.69 Å². The maximum Gasteiger partial charge on any atom is 0.251 e. The van der Waals surface area contributed by atoms with E-state index in [0.29, 0.717) is 35.2 Å². The zero-order valence-electron chi connectivity index (χ0n) is 15.9. The highest BCUT2D eigenvalue weighted by atomic mass is 16.5. The second kappa shape index (κ2) is 8.70. The fourth-order valence-corrected chi connectivity index (χ4v) is 3.44. The van der Waals surface area contributed by atoms with Crippen LogP contribution >= 0.6 is 0 Å². The number of benzene rings is 2. The number of aryl methyl sites for hydroxylation is 1. The first-order valence-corrected chi connectivity index (χ1v) is 9.41. The average Bonchev–Trinajstić information content (AvgIpc) is 3.15. The summed E-state index contributed by atoms with van der Waals surface area (Å²) in [6, 6.07) is 15.1. The molecule has 2 aromatic carbocycles. The van der Waals surface area contributed by atoms with E-state index in [1.165, 1.54) is 6.42 Å². The largest absolute Gasteiger partial charge is 0.456 e. The maximum absolute atomic E-state index is 12.5. The van der Waals surface area contributed by atoms with E-state index in [-0.39, 0.29) is 5.91 Å². The Morgan fingerprint density at radius 2 is 2.07 bits per heavy atom. The van der Waals surface area contributed by atoms with Crippen molar-refractivity contribution in [1.29, 1.82) is 5.26 Å². The molecule has 5 nitrogen and oxygen atoms in total. The van der Waals surface area contributed by atoms with E-state index in [2.05, 4.69) is 23.2 Å². The van der Waals surface area contributed by atoms with Crippen LogP contribution in [0.25, 0.3) is 0 Å². The summed E-state index contributed by atoms with van der Waals surface area (Å²) in [6.45, 7) is 6.89. The van der Waals surface area contributed by atoms with Gasteiger partial charge >= 0.3 is 0 Å². The monoisotopic (exact) mass is 363 g/mol. The van der Waals surface area contributed by atoms with Gasteiger partial charge in [-0.05, 0) is 63.2 Å². The van der Waals surface area contributed by atoms with Gasteiger partial charge in [0.05, 0.1) is 5.56 Å². The summed E-state index contributed by atoms with van der Waals surface area (Å²) in [5.41, 5.74) is 1.96. The number of nitrogens with one attached hydrogen (secondary N) is 1. The summed E-state index contributed by atoms with van der Waals surface area (Å²) in [5.74, 6) is 0.956. The Morgan fingerprint density at radius 3 is 2.78 bits per heavy atom. The van der Waals surface area contributed by atoms with Gasteiger partial charge in [0.25, 0.3) is 5.91 Å². The van der Waals surface area contributed by atoms with E-state index >= 15 is 0 Å². The molecule has 1 amide bonds. The van der Waals surface area contributed by atoms with Gasteiger partial charge in [0.15, 0.2) is 0 Å². The number of likely N-dealkylation sites (tertiary alicyclic amines) is 1. The molecule has 1 saturated heterocycles. The molecule has 2 aromatic rings. The summed E-state index contributed by atoms with van der Waals surface area (Å²) in [5, 5.41) is 12.4. The third-order valence-corrected chi connectivity index (χ3v) is 5.01. The molecule has 3 rings (SSSR count). The van der Waals surface area contributed by atoms with Crippen molar-refractivity contribution < 1.29 is 9.53 Å². The average molecular weight is 363 g/mol. The standard InChI is InChI=1S/C22H25N3O2/c1-3-25-12-4-5-19(25)15-24-22(26)17-8-11-21(18(13-17)14-23)27-20-9-6-16(2)7-10-20/h6-11,13,19H,3-5,12,15H2,1-2H3,(H,24,26). The van der Waals surface area contributed by atoms with E-state index < -0.39 is 0 Å². The van der Waals surface area contributed by atoms with E-state index in [9.17, 15) is 10.1 Å². The van der Waals surface area contributed by atoms with E-state index in [4.69, 9.17) is 4.74 Å². The summed E-state index contributed by atoms with van der Waals surface area (Å²) < 4.78 is 5.80. The lowest BCUT2D eigenvalue weighted by molar-refractivity contribution is 0.0941. The van der Waals surface area contributed by atoms with Crippen molar-refractivity contribution in [2.45, 2.75) is 32.7 Å². The molecule has 0 aliphatic carbocycles. The van der Waals surface area contributed by atoms with E-state index in [1.807, 2.05) is 31.2 Å². The second-order valence-corrected chi connectivity index (χ2v) is 6.87. The minimum atomic E-state index is -0.156. The fraction of sp³-hybridized carbons (Fsp3) is 0.364. The van der Waals surface area contributed by atoms with Gasteiger partial charge in [0, 0.05) is 18.2 Å². The number of likely N-dealkylation sites (N-methyl/N-ethyl adjacent to an activating group) is 1. The fourth-order valence-electron chi connectivity index (χ4n) is 3.44. The molecule has 1 unspecified atom stereocenters. The summed E-state index contributed by atoms with van der Waals surface area (Å²) in [7, 11) is 0. The predicted octanol–water partition coefficient (Wildman–Crippen LogP) is 3.87. The number of nitrogens with zero attached hydrogens (tertiary/aromatic N) is 2. The molecular weight excluding hydrogens is 338 g/mol. The number of rotatable bonds is 6.